The van der Waals surface area contributed by atoms with E-state index in [1.807, 2.05) is 36.6 Å². The largest absolute Gasteiger partial charge is 0.462 e. The first-order valence-corrected chi connectivity index (χ1v) is 11.1. The van der Waals surface area contributed by atoms with Gasteiger partial charge in [-0.25, -0.2) is 4.79 Å². The smallest absolute Gasteiger partial charge is 0.341 e. The van der Waals surface area contributed by atoms with Crippen LogP contribution in [-0.4, -0.2) is 23.6 Å². The summed E-state index contributed by atoms with van der Waals surface area (Å²) in [5.74, 6) is -0.553. The summed E-state index contributed by atoms with van der Waals surface area (Å²) >= 11 is 7.17. The van der Waals surface area contributed by atoms with E-state index in [4.69, 9.17) is 20.9 Å². The lowest BCUT2D eigenvalue weighted by Gasteiger charge is -2.08. The van der Waals surface area contributed by atoms with Crippen molar-refractivity contribution in [3.8, 4) is 22.5 Å². The zero-order valence-electron chi connectivity index (χ0n) is 17.3. The van der Waals surface area contributed by atoms with E-state index in [0.29, 0.717) is 26.9 Å². The Morgan fingerprint density at radius 3 is 2.47 bits per heavy atom. The van der Waals surface area contributed by atoms with E-state index in [0.717, 1.165) is 16.7 Å². The maximum absolute atomic E-state index is 12.8. The molecule has 2 aromatic carbocycles. The monoisotopic (exact) mass is 466 g/mol. The minimum atomic E-state index is -0.498. The number of amides is 1. The van der Waals surface area contributed by atoms with Crippen molar-refractivity contribution in [2.24, 2.45) is 0 Å². The van der Waals surface area contributed by atoms with Crippen LogP contribution in [0.15, 0.2) is 64.5 Å². The molecule has 6 nitrogen and oxygen atoms in total. The maximum Gasteiger partial charge on any atom is 0.341 e. The van der Waals surface area contributed by atoms with Crippen LogP contribution >= 0.6 is 22.9 Å². The summed E-state index contributed by atoms with van der Waals surface area (Å²) < 4.78 is 10.6. The third kappa shape index (κ3) is 4.59. The number of anilines is 1. The first-order valence-electron chi connectivity index (χ1n) is 9.86. The lowest BCUT2D eigenvalue weighted by Crippen LogP contribution is -2.15. The van der Waals surface area contributed by atoms with Crippen molar-refractivity contribution in [1.82, 2.24) is 5.16 Å². The van der Waals surface area contributed by atoms with Gasteiger partial charge in [0.05, 0.1) is 6.61 Å². The SMILES string of the molecule is CCOC(=O)c1c(-c2ccc(C)cc2)csc1NC(=O)c1cc(-c2ccc(Cl)cc2)on1. The molecule has 0 fully saturated rings. The first-order chi connectivity index (χ1) is 15.5. The number of carbonyl (C=O) groups is 2. The van der Waals surface area contributed by atoms with Gasteiger partial charge in [-0.05, 0) is 43.7 Å². The summed E-state index contributed by atoms with van der Waals surface area (Å²) in [5, 5.41) is 9.46. The van der Waals surface area contributed by atoms with E-state index in [9.17, 15) is 9.59 Å². The highest BCUT2D eigenvalue weighted by Gasteiger charge is 2.24. The zero-order chi connectivity index (χ0) is 22.7. The molecule has 0 unspecified atom stereocenters. The molecule has 0 aliphatic rings. The molecule has 0 radical (unpaired) electrons. The van der Waals surface area contributed by atoms with Crippen molar-refractivity contribution in [2.75, 3.05) is 11.9 Å². The molecule has 1 N–H and O–H groups in total. The van der Waals surface area contributed by atoms with Crippen LogP contribution in [0.4, 0.5) is 5.00 Å². The fourth-order valence-corrected chi connectivity index (χ4v) is 4.18. The number of nitrogens with one attached hydrogen (secondary N) is 1. The maximum atomic E-state index is 12.8. The Kier molecular flexibility index (Phi) is 6.39. The predicted molar refractivity (Wildman–Crippen MR) is 125 cm³/mol. The minimum Gasteiger partial charge on any atom is -0.462 e. The Morgan fingerprint density at radius 2 is 1.78 bits per heavy atom. The molecule has 0 atom stereocenters. The number of hydrogen-bond acceptors (Lipinski definition) is 6. The summed E-state index contributed by atoms with van der Waals surface area (Å²) in [6.45, 7) is 3.95. The van der Waals surface area contributed by atoms with Crippen molar-refractivity contribution in [1.29, 1.82) is 0 Å². The van der Waals surface area contributed by atoms with Crippen LogP contribution in [-0.2, 0) is 4.74 Å². The van der Waals surface area contributed by atoms with Crippen LogP contribution < -0.4 is 5.32 Å². The Hall–Kier alpha value is -3.42. The number of benzene rings is 2. The number of aromatic nitrogens is 1. The molecule has 8 heteroatoms. The molecule has 162 valence electrons. The van der Waals surface area contributed by atoms with Crippen molar-refractivity contribution < 1.29 is 18.8 Å². The molecule has 2 aromatic heterocycles. The van der Waals surface area contributed by atoms with Crippen LogP contribution in [0, 0.1) is 6.92 Å². The number of carbonyl (C=O) groups excluding carboxylic acids is 2. The van der Waals surface area contributed by atoms with Gasteiger partial charge < -0.3 is 14.6 Å². The highest BCUT2D eigenvalue weighted by molar-refractivity contribution is 7.15. The molecule has 4 aromatic rings. The first kappa shape index (κ1) is 21.8. The topological polar surface area (TPSA) is 81.4 Å². The van der Waals surface area contributed by atoms with Crippen molar-refractivity contribution in [3.05, 3.63) is 81.8 Å². The second-order valence-electron chi connectivity index (χ2n) is 6.98. The van der Waals surface area contributed by atoms with E-state index >= 15 is 0 Å². The van der Waals surface area contributed by atoms with Crippen LogP contribution in [0.2, 0.25) is 5.02 Å². The van der Waals surface area contributed by atoms with Crippen LogP contribution in [0.25, 0.3) is 22.5 Å². The minimum absolute atomic E-state index is 0.0926. The van der Waals surface area contributed by atoms with E-state index in [2.05, 4.69) is 10.5 Å². The number of thiophene rings is 1. The Bertz CT molecular complexity index is 1260. The summed E-state index contributed by atoms with van der Waals surface area (Å²) in [7, 11) is 0. The summed E-state index contributed by atoms with van der Waals surface area (Å²) in [5.41, 5.74) is 3.82. The zero-order valence-corrected chi connectivity index (χ0v) is 18.9. The lowest BCUT2D eigenvalue weighted by molar-refractivity contribution is 0.0529. The Balaban J connectivity index is 1.62. The molecule has 0 aliphatic heterocycles. The van der Waals surface area contributed by atoms with Crippen LogP contribution in [0.3, 0.4) is 0 Å². The van der Waals surface area contributed by atoms with Crippen LogP contribution in [0.5, 0.6) is 0 Å². The van der Waals surface area contributed by atoms with Gasteiger partial charge in [0.25, 0.3) is 5.91 Å². The molecule has 2 heterocycles. The van der Waals surface area contributed by atoms with E-state index < -0.39 is 11.9 Å². The molecule has 0 spiro atoms. The lowest BCUT2D eigenvalue weighted by atomic mass is 10.0. The second-order valence-corrected chi connectivity index (χ2v) is 8.29. The van der Waals surface area contributed by atoms with Gasteiger partial charge in [-0.3, -0.25) is 4.79 Å². The summed E-state index contributed by atoms with van der Waals surface area (Å²) in [4.78, 5) is 25.5. The molecule has 4 rings (SSSR count). The average Bonchev–Trinajstić information content (AvgIpc) is 3.43. The van der Waals surface area contributed by atoms with Gasteiger partial charge >= 0.3 is 5.97 Å². The molecule has 0 aliphatic carbocycles. The van der Waals surface area contributed by atoms with Gasteiger partial charge in [0.2, 0.25) is 0 Å². The van der Waals surface area contributed by atoms with Crippen molar-refractivity contribution >= 4 is 39.8 Å². The molecule has 0 saturated carbocycles. The highest BCUT2D eigenvalue weighted by atomic mass is 35.5. The third-order valence-corrected chi connectivity index (χ3v) is 5.88. The molecule has 0 bridgehead atoms. The van der Waals surface area contributed by atoms with E-state index in [1.54, 1.807) is 31.2 Å². The van der Waals surface area contributed by atoms with E-state index in [-0.39, 0.29) is 12.3 Å². The number of esters is 1. The predicted octanol–water partition coefficient (Wildman–Crippen LogP) is 6.46. The van der Waals surface area contributed by atoms with Gasteiger partial charge in [-0.2, -0.15) is 0 Å². The highest BCUT2D eigenvalue weighted by Crippen LogP contribution is 2.36. The fourth-order valence-electron chi connectivity index (χ4n) is 3.10. The van der Waals surface area contributed by atoms with Gasteiger partial charge in [-0.15, -0.1) is 11.3 Å². The number of nitrogens with zero attached hydrogens (tertiary/aromatic N) is 1. The average molecular weight is 467 g/mol. The van der Waals surface area contributed by atoms with Gasteiger partial charge in [-0.1, -0.05) is 46.6 Å². The van der Waals surface area contributed by atoms with Crippen molar-refractivity contribution in [3.63, 3.8) is 0 Å². The molecule has 32 heavy (non-hydrogen) atoms. The van der Waals surface area contributed by atoms with Crippen molar-refractivity contribution in [2.45, 2.75) is 13.8 Å². The quantitative estimate of drug-likeness (QED) is 0.330. The molecule has 1 amide bonds. The summed E-state index contributed by atoms with van der Waals surface area (Å²) in [6, 6.07) is 16.3. The standard InChI is InChI=1S/C24H19ClN2O4S/c1-3-30-24(29)21-18(15-6-4-14(2)5-7-15)13-32-23(21)26-22(28)19-12-20(31-27-19)16-8-10-17(25)11-9-16/h4-13H,3H2,1-2H3,(H,26,28). The molecular weight excluding hydrogens is 448 g/mol. The fraction of sp³-hybridized carbons (Fsp3) is 0.125. The van der Waals surface area contributed by atoms with Gasteiger partial charge in [0.15, 0.2) is 11.5 Å². The van der Waals surface area contributed by atoms with Crippen LogP contribution in [0.1, 0.15) is 33.3 Å². The number of aryl methyl sites for hydroxylation is 1. The number of halogens is 1. The second kappa shape index (κ2) is 9.38. The van der Waals surface area contributed by atoms with Gasteiger partial charge in [0, 0.05) is 27.6 Å². The third-order valence-electron chi connectivity index (χ3n) is 4.73. The van der Waals surface area contributed by atoms with E-state index in [1.165, 1.54) is 17.4 Å². The Labute approximate surface area is 193 Å². The number of ether oxygens (including phenoxy) is 1. The molecular formula is C24H19ClN2O4S. The normalized spacial score (nSPS) is 10.7. The number of hydrogen-bond donors (Lipinski definition) is 1. The summed E-state index contributed by atoms with van der Waals surface area (Å²) in [6.07, 6.45) is 0. The molecule has 0 saturated heterocycles. The number of rotatable bonds is 6. The Morgan fingerprint density at radius 1 is 1.09 bits per heavy atom. The van der Waals surface area contributed by atoms with Gasteiger partial charge in [0.1, 0.15) is 10.6 Å².